The van der Waals surface area contributed by atoms with Crippen LogP contribution in [0.3, 0.4) is 0 Å². The Morgan fingerprint density at radius 1 is 1.30 bits per heavy atom. The van der Waals surface area contributed by atoms with Crippen molar-refractivity contribution in [2.75, 3.05) is 26.7 Å². The standard InChI is InChI=1S/C8H17N2/c1-4-10(3,5-2)8-6-7-9/h4-6,8H2,1-3H3/q+1. The predicted molar refractivity (Wildman–Crippen MR) is 42.4 cm³/mol. The Hall–Kier alpha value is -0.550. The van der Waals surface area contributed by atoms with Gasteiger partial charge in [0.25, 0.3) is 0 Å². The van der Waals surface area contributed by atoms with Crippen LogP contribution in [0.5, 0.6) is 0 Å². The third kappa shape index (κ3) is 2.84. The average molecular weight is 141 g/mol. The van der Waals surface area contributed by atoms with Crippen LogP contribution < -0.4 is 0 Å². The van der Waals surface area contributed by atoms with Gasteiger partial charge in [-0.1, -0.05) is 0 Å². The van der Waals surface area contributed by atoms with Crippen LogP contribution in [0.25, 0.3) is 0 Å². The summed E-state index contributed by atoms with van der Waals surface area (Å²) in [5.74, 6) is 0. The van der Waals surface area contributed by atoms with Gasteiger partial charge in [0, 0.05) is 0 Å². The third-order valence-electron chi connectivity index (χ3n) is 2.29. The molecule has 0 aliphatic carbocycles. The monoisotopic (exact) mass is 141 g/mol. The van der Waals surface area contributed by atoms with Gasteiger partial charge in [0.15, 0.2) is 0 Å². The van der Waals surface area contributed by atoms with Crippen molar-refractivity contribution >= 4 is 0 Å². The molecule has 58 valence electrons. The molecule has 0 saturated carbocycles. The van der Waals surface area contributed by atoms with E-state index in [4.69, 9.17) is 5.26 Å². The van der Waals surface area contributed by atoms with Crippen LogP contribution in [0.4, 0.5) is 0 Å². The van der Waals surface area contributed by atoms with Crippen molar-refractivity contribution in [3.8, 4) is 6.07 Å². The van der Waals surface area contributed by atoms with Gasteiger partial charge in [0.2, 0.25) is 0 Å². The van der Waals surface area contributed by atoms with Crippen molar-refractivity contribution in [3.63, 3.8) is 0 Å². The summed E-state index contributed by atoms with van der Waals surface area (Å²) in [5.41, 5.74) is 0. The zero-order valence-corrected chi connectivity index (χ0v) is 7.22. The number of quaternary nitrogens is 1. The van der Waals surface area contributed by atoms with Gasteiger partial charge in [-0.05, 0) is 13.8 Å². The van der Waals surface area contributed by atoms with E-state index in [-0.39, 0.29) is 0 Å². The summed E-state index contributed by atoms with van der Waals surface area (Å²) in [7, 11) is 2.19. The van der Waals surface area contributed by atoms with E-state index in [0.29, 0.717) is 6.42 Å². The molecule has 0 aliphatic rings. The van der Waals surface area contributed by atoms with Gasteiger partial charge in [0.1, 0.15) is 0 Å². The molecule has 0 rings (SSSR count). The summed E-state index contributed by atoms with van der Waals surface area (Å²) in [6.07, 6.45) is 0.679. The quantitative estimate of drug-likeness (QED) is 0.543. The molecule has 0 heterocycles. The van der Waals surface area contributed by atoms with E-state index >= 15 is 0 Å². The normalized spacial score (nSPS) is 11.0. The molecule has 0 unspecified atom stereocenters. The lowest BCUT2D eigenvalue weighted by molar-refractivity contribution is -0.905. The lowest BCUT2D eigenvalue weighted by atomic mass is 10.3. The van der Waals surface area contributed by atoms with E-state index in [1.807, 2.05) is 0 Å². The summed E-state index contributed by atoms with van der Waals surface area (Å²) in [5, 5.41) is 8.36. The van der Waals surface area contributed by atoms with Crippen molar-refractivity contribution in [1.29, 1.82) is 5.26 Å². The Kier molecular flexibility index (Phi) is 4.06. The average Bonchev–Trinajstić information content (AvgIpc) is 2.00. The second-order valence-electron chi connectivity index (χ2n) is 2.88. The molecule has 0 spiro atoms. The molecular formula is C8H17N2+. The molecule has 0 aliphatic heterocycles. The first kappa shape index (κ1) is 9.45. The Bertz CT molecular complexity index is 120. The fraction of sp³-hybridized carbons (Fsp3) is 0.875. The van der Waals surface area contributed by atoms with E-state index in [9.17, 15) is 0 Å². The highest BCUT2D eigenvalue weighted by molar-refractivity contribution is 4.67. The second-order valence-corrected chi connectivity index (χ2v) is 2.88. The molecule has 0 aromatic rings. The van der Waals surface area contributed by atoms with Gasteiger partial charge in [-0.25, -0.2) is 0 Å². The van der Waals surface area contributed by atoms with Crippen LogP contribution >= 0.6 is 0 Å². The SMILES string of the molecule is CC[N+](C)(CC)CCC#N. The lowest BCUT2D eigenvalue weighted by Crippen LogP contribution is -2.44. The van der Waals surface area contributed by atoms with Crippen molar-refractivity contribution in [2.45, 2.75) is 20.3 Å². The maximum atomic E-state index is 8.36. The van der Waals surface area contributed by atoms with Crippen LogP contribution in [0.2, 0.25) is 0 Å². The molecule has 2 nitrogen and oxygen atoms in total. The summed E-state index contributed by atoms with van der Waals surface area (Å²) >= 11 is 0. The minimum absolute atomic E-state index is 0.679. The Morgan fingerprint density at radius 3 is 2.10 bits per heavy atom. The van der Waals surface area contributed by atoms with Crippen LogP contribution in [-0.4, -0.2) is 31.2 Å². The van der Waals surface area contributed by atoms with E-state index in [1.165, 1.54) is 0 Å². The molecule has 2 heteroatoms. The summed E-state index contributed by atoms with van der Waals surface area (Å²) < 4.78 is 1.02. The largest absolute Gasteiger partial charge is 0.326 e. The van der Waals surface area contributed by atoms with E-state index in [1.54, 1.807) is 0 Å². The van der Waals surface area contributed by atoms with Crippen LogP contribution in [0.1, 0.15) is 20.3 Å². The van der Waals surface area contributed by atoms with Crippen molar-refractivity contribution in [2.24, 2.45) is 0 Å². The molecule has 0 aromatic heterocycles. The maximum absolute atomic E-state index is 8.36. The van der Waals surface area contributed by atoms with E-state index in [0.717, 1.165) is 24.1 Å². The smallest absolute Gasteiger partial charge is 0.0916 e. The minimum Gasteiger partial charge on any atom is -0.326 e. The Labute approximate surface area is 63.7 Å². The molecule has 0 fully saturated rings. The lowest BCUT2D eigenvalue weighted by Gasteiger charge is -2.30. The molecule has 0 saturated heterocycles. The van der Waals surface area contributed by atoms with E-state index in [2.05, 4.69) is 27.0 Å². The Morgan fingerprint density at radius 2 is 1.80 bits per heavy atom. The number of hydrogen-bond donors (Lipinski definition) is 0. The molecule has 0 aromatic carbocycles. The molecule has 0 N–H and O–H groups in total. The van der Waals surface area contributed by atoms with Gasteiger partial charge in [-0.2, -0.15) is 5.26 Å². The van der Waals surface area contributed by atoms with E-state index < -0.39 is 0 Å². The number of nitriles is 1. The van der Waals surface area contributed by atoms with Gasteiger partial charge in [-0.15, -0.1) is 0 Å². The topological polar surface area (TPSA) is 23.8 Å². The molecular weight excluding hydrogens is 124 g/mol. The molecule has 10 heavy (non-hydrogen) atoms. The first-order chi connectivity index (χ1) is 4.68. The fourth-order valence-corrected chi connectivity index (χ4v) is 0.860. The first-order valence-corrected chi connectivity index (χ1v) is 3.89. The second kappa shape index (κ2) is 4.29. The van der Waals surface area contributed by atoms with Crippen LogP contribution in [-0.2, 0) is 0 Å². The zero-order valence-electron chi connectivity index (χ0n) is 7.22. The van der Waals surface area contributed by atoms with Gasteiger partial charge >= 0.3 is 0 Å². The van der Waals surface area contributed by atoms with Gasteiger partial charge in [-0.3, -0.25) is 0 Å². The highest BCUT2D eigenvalue weighted by atomic mass is 15.3. The van der Waals surface area contributed by atoms with Gasteiger partial charge < -0.3 is 4.48 Å². The van der Waals surface area contributed by atoms with Crippen molar-refractivity contribution in [1.82, 2.24) is 0 Å². The van der Waals surface area contributed by atoms with Crippen molar-refractivity contribution in [3.05, 3.63) is 0 Å². The van der Waals surface area contributed by atoms with Crippen LogP contribution in [0.15, 0.2) is 0 Å². The minimum atomic E-state index is 0.679. The molecule has 0 radical (unpaired) electrons. The molecule has 0 amide bonds. The summed E-state index contributed by atoms with van der Waals surface area (Å²) in [4.78, 5) is 0. The highest BCUT2D eigenvalue weighted by Gasteiger charge is 2.14. The van der Waals surface area contributed by atoms with Crippen LogP contribution in [0, 0.1) is 11.3 Å². The first-order valence-electron chi connectivity index (χ1n) is 3.89. The number of nitrogens with zero attached hydrogens (tertiary/aromatic N) is 2. The Balaban J connectivity index is 3.71. The fourth-order valence-electron chi connectivity index (χ4n) is 0.860. The maximum Gasteiger partial charge on any atom is 0.0916 e. The predicted octanol–water partition coefficient (Wildman–Crippen LogP) is 1.39. The number of rotatable bonds is 4. The highest BCUT2D eigenvalue weighted by Crippen LogP contribution is 2.01. The van der Waals surface area contributed by atoms with Gasteiger partial charge in [0.05, 0.1) is 39.2 Å². The molecule has 0 bridgehead atoms. The summed E-state index contributed by atoms with van der Waals surface area (Å²) in [6.45, 7) is 7.57. The zero-order chi connectivity index (χ0) is 8.04. The van der Waals surface area contributed by atoms with Crippen molar-refractivity contribution < 1.29 is 4.48 Å². The number of hydrogen-bond acceptors (Lipinski definition) is 1. The molecule has 0 atom stereocenters. The third-order valence-corrected chi connectivity index (χ3v) is 2.29. The summed E-state index contributed by atoms with van der Waals surface area (Å²) in [6, 6.07) is 2.18.